The van der Waals surface area contributed by atoms with Crippen LogP contribution in [0.15, 0.2) is 24.3 Å². The SMILES string of the molecule is CC(C(N)=O)N1CCC(C(O)c2ccc(Cl)cc2)CC1. The Kier molecular flexibility index (Phi) is 5.02. The minimum atomic E-state index is -0.474. The Morgan fingerprint density at radius 3 is 2.40 bits per heavy atom. The van der Waals surface area contributed by atoms with Gasteiger partial charge in [0.1, 0.15) is 0 Å². The van der Waals surface area contributed by atoms with E-state index in [0.717, 1.165) is 31.5 Å². The van der Waals surface area contributed by atoms with Crippen molar-refractivity contribution in [3.8, 4) is 0 Å². The van der Waals surface area contributed by atoms with Gasteiger partial charge in [-0.25, -0.2) is 0 Å². The number of nitrogens with zero attached hydrogens (tertiary/aromatic N) is 1. The fourth-order valence-electron chi connectivity index (χ4n) is 2.73. The summed E-state index contributed by atoms with van der Waals surface area (Å²) < 4.78 is 0. The molecule has 1 aliphatic rings. The van der Waals surface area contributed by atoms with Crippen LogP contribution in [0.25, 0.3) is 0 Å². The number of likely N-dealkylation sites (tertiary alicyclic amines) is 1. The second kappa shape index (κ2) is 6.57. The van der Waals surface area contributed by atoms with Gasteiger partial charge in [0, 0.05) is 5.02 Å². The molecule has 0 saturated carbocycles. The van der Waals surface area contributed by atoms with Crippen LogP contribution in [0.2, 0.25) is 5.02 Å². The Labute approximate surface area is 124 Å². The van der Waals surface area contributed by atoms with Gasteiger partial charge in [-0.3, -0.25) is 9.69 Å². The van der Waals surface area contributed by atoms with Crippen LogP contribution >= 0.6 is 11.6 Å². The summed E-state index contributed by atoms with van der Waals surface area (Å²) in [7, 11) is 0. The van der Waals surface area contributed by atoms with Crippen LogP contribution in [-0.2, 0) is 4.79 Å². The molecule has 20 heavy (non-hydrogen) atoms. The van der Waals surface area contributed by atoms with E-state index in [1.807, 2.05) is 19.1 Å². The molecule has 3 N–H and O–H groups in total. The first kappa shape index (κ1) is 15.3. The van der Waals surface area contributed by atoms with E-state index >= 15 is 0 Å². The maximum absolute atomic E-state index is 11.2. The van der Waals surface area contributed by atoms with Crippen molar-refractivity contribution in [1.29, 1.82) is 0 Å². The normalized spacial score (nSPS) is 20.6. The fourth-order valence-corrected chi connectivity index (χ4v) is 2.86. The number of aliphatic hydroxyl groups is 1. The van der Waals surface area contributed by atoms with Crippen LogP contribution in [0.3, 0.4) is 0 Å². The molecule has 0 aromatic heterocycles. The molecule has 1 aliphatic heterocycles. The highest BCUT2D eigenvalue weighted by atomic mass is 35.5. The monoisotopic (exact) mass is 296 g/mol. The summed E-state index contributed by atoms with van der Waals surface area (Å²) in [6, 6.07) is 7.09. The van der Waals surface area contributed by atoms with Gasteiger partial charge in [0.15, 0.2) is 0 Å². The van der Waals surface area contributed by atoms with Crippen LogP contribution in [0.4, 0.5) is 0 Å². The van der Waals surface area contributed by atoms with Crippen molar-refractivity contribution in [2.24, 2.45) is 11.7 Å². The molecule has 4 nitrogen and oxygen atoms in total. The number of carbonyl (C=O) groups is 1. The summed E-state index contributed by atoms with van der Waals surface area (Å²) in [6.07, 6.45) is 1.25. The molecule has 1 amide bonds. The minimum absolute atomic E-state index is 0.215. The van der Waals surface area contributed by atoms with Crippen LogP contribution in [0, 0.1) is 5.92 Å². The summed E-state index contributed by atoms with van der Waals surface area (Å²) in [6.45, 7) is 3.41. The molecule has 2 unspecified atom stereocenters. The van der Waals surface area contributed by atoms with E-state index in [2.05, 4.69) is 4.90 Å². The molecule has 1 aromatic carbocycles. The molecule has 0 radical (unpaired) electrons. The highest BCUT2D eigenvalue weighted by molar-refractivity contribution is 6.30. The highest BCUT2D eigenvalue weighted by Crippen LogP contribution is 2.31. The zero-order valence-electron chi connectivity index (χ0n) is 11.6. The van der Waals surface area contributed by atoms with Crippen molar-refractivity contribution >= 4 is 17.5 Å². The molecular formula is C15H21ClN2O2. The molecule has 1 saturated heterocycles. The number of benzene rings is 1. The Balaban J connectivity index is 1.93. The lowest BCUT2D eigenvalue weighted by atomic mass is 9.87. The number of primary amides is 1. The predicted molar refractivity (Wildman–Crippen MR) is 79.4 cm³/mol. The minimum Gasteiger partial charge on any atom is -0.388 e. The molecular weight excluding hydrogens is 276 g/mol. The third-order valence-electron chi connectivity index (χ3n) is 4.19. The van der Waals surface area contributed by atoms with Gasteiger partial charge in [0.2, 0.25) is 5.91 Å². The van der Waals surface area contributed by atoms with Gasteiger partial charge in [-0.15, -0.1) is 0 Å². The van der Waals surface area contributed by atoms with Crippen molar-refractivity contribution in [2.75, 3.05) is 13.1 Å². The van der Waals surface area contributed by atoms with E-state index in [4.69, 9.17) is 17.3 Å². The summed E-state index contributed by atoms with van der Waals surface area (Å²) >= 11 is 5.85. The number of aliphatic hydroxyl groups excluding tert-OH is 1. The number of piperidine rings is 1. The van der Waals surface area contributed by atoms with Crippen molar-refractivity contribution in [3.05, 3.63) is 34.9 Å². The molecule has 1 fully saturated rings. The lowest BCUT2D eigenvalue weighted by Gasteiger charge is -2.36. The molecule has 1 aromatic rings. The van der Waals surface area contributed by atoms with Crippen LogP contribution in [-0.4, -0.2) is 35.0 Å². The summed E-state index contributed by atoms with van der Waals surface area (Å²) in [5, 5.41) is 11.1. The lowest BCUT2D eigenvalue weighted by molar-refractivity contribution is -0.123. The number of carbonyl (C=O) groups excluding carboxylic acids is 1. The van der Waals surface area contributed by atoms with Gasteiger partial charge < -0.3 is 10.8 Å². The van der Waals surface area contributed by atoms with Crippen LogP contribution in [0.5, 0.6) is 0 Å². The van der Waals surface area contributed by atoms with Crippen molar-refractivity contribution < 1.29 is 9.90 Å². The maximum atomic E-state index is 11.2. The van der Waals surface area contributed by atoms with Gasteiger partial charge in [-0.2, -0.15) is 0 Å². The summed E-state index contributed by atoms with van der Waals surface area (Å²) in [5.74, 6) is -0.0748. The number of amides is 1. The van der Waals surface area contributed by atoms with Crippen LogP contribution in [0.1, 0.15) is 31.4 Å². The molecule has 0 bridgehead atoms. The summed E-state index contributed by atoms with van der Waals surface area (Å²) in [4.78, 5) is 13.3. The second-order valence-corrected chi connectivity index (χ2v) is 5.88. The molecule has 5 heteroatoms. The molecule has 1 heterocycles. The maximum Gasteiger partial charge on any atom is 0.234 e. The van der Waals surface area contributed by atoms with E-state index in [9.17, 15) is 9.90 Å². The van der Waals surface area contributed by atoms with Crippen molar-refractivity contribution in [3.63, 3.8) is 0 Å². The van der Waals surface area contributed by atoms with Crippen molar-refractivity contribution in [2.45, 2.75) is 31.9 Å². The third kappa shape index (κ3) is 3.51. The Bertz CT molecular complexity index is 455. The largest absolute Gasteiger partial charge is 0.388 e. The average molecular weight is 297 g/mol. The van der Waals surface area contributed by atoms with E-state index in [1.165, 1.54) is 0 Å². The fraction of sp³-hybridized carbons (Fsp3) is 0.533. The van der Waals surface area contributed by atoms with Gasteiger partial charge in [0.05, 0.1) is 12.1 Å². The van der Waals surface area contributed by atoms with Gasteiger partial charge in [-0.1, -0.05) is 23.7 Å². The predicted octanol–water partition coefficient (Wildman–Crippen LogP) is 1.96. The van der Waals surface area contributed by atoms with Crippen molar-refractivity contribution in [1.82, 2.24) is 4.90 Å². The van der Waals surface area contributed by atoms with E-state index in [1.54, 1.807) is 12.1 Å². The Morgan fingerprint density at radius 2 is 1.90 bits per heavy atom. The summed E-state index contributed by atoms with van der Waals surface area (Å²) in [5.41, 5.74) is 6.22. The molecule has 0 spiro atoms. The standard InChI is InChI=1S/C15H21ClN2O2/c1-10(15(17)20)18-8-6-12(7-9-18)14(19)11-2-4-13(16)5-3-11/h2-5,10,12,14,19H,6-9H2,1H3,(H2,17,20). The first-order valence-corrected chi connectivity index (χ1v) is 7.33. The number of halogens is 1. The van der Waals surface area contributed by atoms with E-state index < -0.39 is 6.10 Å². The quantitative estimate of drug-likeness (QED) is 0.892. The number of hydrogen-bond donors (Lipinski definition) is 2. The topological polar surface area (TPSA) is 66.6 Å². The smallest absolute Gasteiger partial charge is 0.234 e. The number of rotatable bonds is 4. The molecule has 110 valence electrons. The molecule has 2 atom stereocenters. The lowest BCUT2D eigenvalue weighted by Crippen LogP contribution is -2.47. The third-order valence-corrected chi connectivity index (χ3v) is 4.44. The Morgan fingerprint density at radius 1 is 1.35 bits per heavy atom. The number of nitrogens with two attached hydrogens (primary N) is 1. The zero-order valence-corrected chi connectivity index (χ0v) is 12.4. The first-order valence-electron chi connectivity index (χ1n) is 6.96. The molecule has 2 rings (SSSR count). The van der Waals surface area contributed by atoms with Gasteiger partial charge in [-0.05, 0) is 56.5 Å². The van der Waals surface area contributed by atoms with E-state index in [0.29, 0.717) is 5.02 Å². The first-order chi connectivity index (χ1) is 9.49. The average Bonchev–Trinajstić information content (AvgIpc) is 2.46. The van der Waals surface area contributed by atoms with Gasteiger partial charge in [0.25, 0.3) is 0 Å². The van der Waals surface area contributed by atoms with Gasteiger partial charge >= 0.3 is 0 Å². The van der Waals surface area contributed by atoms with E-state index in [-0.39, 0.29) is 17.9 Å². The number of hydrogen-bond acceptors (Lipinski definition) is 3. The highest BCUT2D eigenvalue weighted by Gasteiger charge is 2.29. The second-order valence-electron chi connectivity index (χ2n) is 5.45. The zero-order chi connectivity index (χ0) is 14.7. The Hall–Kier alpha value is -1.10. The van der Waals surface area contributed by atoms with Crippen LogP contribution < -0.4 is 5.73 Å². The molecule has 0 aliphatic carbocycles.